The summed E-state index contributed by atoms with van der Waals surface area (Å²) in [5.74, 6) is 0.697. The first-order chi connectivity index (χ1) is 8.61. The Balaban J connectivity index is 2.00. The molecule has 1 fully saturated rings. The van der Waals surface area contributed by atoms with Gasteiger partial charge in [-0.25, -0.2) is 0 Å². The summed E-state index contributed by atoms with van der Waals surface area (Å²) in [6.07, 6.45) is 3.58. The lowest BCUT2D eigenvalue weighted by molar-refractivity contribution is 0.0232. The van der Waals surface area contributed by atoms with Crippen molar-refractivity contribution in [2.75, 3.05) is 20.2 Å². The van der Waals surface area contributed by atoms with Crippen LogP contribution >= 0.6 is 0 Å². The molecule has 2 heteroatoms. The highest BCUT2D eigenvalue weighted by Gasteiger charge is 2.18. The molecule has 0 aromatic heterocycles. The summed E-state index contributed by atoms with van der Waals surface area (Å²) in [7, 11) is 1.78. The summed E-state index contributed by atoms with van der Waals surface area (Å²) in [5, 5.41) is 3.48. The van der Waals surface area contributed by atoms with E-state index in [4.69, 9.17) is 4.74 Å². The fourth-order valence-electron chi connectivity index (χ4n) is 2.61. The van der Waals surface area contributed by atoms with Crippen molar-refractivity contribution in [1.29, 1.82) is 0 Å². The standard InChI is InChI=1S/C16H25NO/c1-16(2,18-3)11-13-6-8-14(9-7-13)15-5-4-10-17-12-15/h6-9,15,17H,4-5,10-12H2,1-3H3. The number of methoxy groups -OCH3 is 1. The second-order valence-electron chi connectivity index (χ2n) is 5.93. The van der Waals surface area contributed by atoms with E-state index in [1.807, 2.05) is 0 Å². The maximum absolute atomic E-state index is 5.48. The zero-order valence-electron chi connectivity index (χ0n) is 11.8. The van der Waals surface area contributed by atoms with Crippen LogP contribution in [0.15, 0.2) is 24.3 Å². The zero-order chi connectivity index (χ0) is 13.0. The molecule has 18 heavy (non-hydrogen) atoms. The Labute approximate surface area is 111 Å². The average Bonchev–Trinajstić information content (AvgIpc) is 2.40. The Morgan fingerprint density at radius 3 is 2.56 bits per heavy atom. The molecular formula is C16H25NO. The first-order valence-electron chi connectivity index (χ1n) is 6.95. The summed E-state index contributed by atoms with van der Waals surface area (Å²) in [6, 6.07) is 9.09. The van der Waals surface area contributed by atoms with Gasteiger partial charge in [0, 0.05) is 20.1 Å². The van der Waals surface area contributed by atoms with Crippen molar-refractivity contribution in [3.05, 3.63) is 35.4 Å². The Morgan fingerprint density at radius 1 is 1.28 bits per heavy atom. The molecule has 1 aliphatic heterocycles. The molecule has 0 bridgehead atoms. The van der Waals surface area contributed by atoms with Gasteiger partial charge in [-0.05, 0) is 50.3 Å². The van der Waals surface area contributed by atoms with E-state index < -0.39 is 0 Å². The fourth-order valence-corrected chi connectivity index (χ4v) is 2.61. The van der Waals surface area contributed by atoms with E-state index in [2.05, 4.69) is 43.4 Å². The summed E-state index contributed by atoms with van der Waals surface area (Å²) in [6.45, 7) is 6.57. The van der Waals surface area contributed by atoms with Crippen LogP contribution < -0.4 is 5.32 Å². The third kappa shape index (κ3) is 3.56. The molecule has 0 aliphatic carbocycles. The van der Waals surface area contributed by atoms with Crippen LogP contribution in [0.3, 0.4) is 0 Å². The lowest BCUT2D eigenvalue weighted by Crippen LogP contribution is -2.28. The minimum absolute atomic E-state index is 0.0755. The topological polar surface area (TPSA) is 21.3 Å². The van der Waals surface area contributed by atoms with E-state index in [-0.39, 0.29) is 5.60 Å². The molecule has 1 heterocycles. The lowest BCUT2D eigenvalue weighted by Gasteiger charge is -2.25. The van der Waals surface area contributed by atoms with E-state index in [0.717, 1.165) is 13.0 Å². The van der Waals surface area contributed by atoms with Crippen LogP contribution in [0.2, 0.25) is 0 Å². The summed E-state index contributed by atoms with van der Waals surface area (Å²) < 4.78 is 5.48. The number of rotatable bonds is 4. The van der Waals surface area contributed by atoms with Gasteiger partial charge in [-0.15, -0.1) is 0 Å². The van der Waals surface area contributed by atoms with Crippen molar-refractivity contribution in [3.63, 3.8) is 0 Å². The van der Waals surface area contributed by atoms with Crippen molar-refractivity contribution in [2.45, 2.75) is 44.6 Å². The van der Waals surface area contributed by atoms with Crippen molar-refractivity contribution in [3.8, 4) is 0 Å². The van der Waals surface area contributed by atoms with Gasteiger partial charge in [-0.3, -0.25) is 0 Å². The molecule has 2 nitrogen and oxygen atoms in total. The van der Waals surface area contributed by atoms with E-state index in [9.17, 15) is 0 Å². The second-order valence-corrected chi connectivity index (χ2v) is 5.93. The Kier molecular flexibility index (Phi) is 4.41. The van der Waals surface area contributed by atoms with Crippen LogP contribution in [-0.4, -0.2) is 25.8 Å². The largest absolute Gasteiger partial charge is 0.378 e. The monoisotopic (exact) mass is 247 g/mol. The van der Waals surface area contributed by atoms with Crippen molar-refractivity contribution >= 4 is 0 Å². The van der Waals surface area contributed by atoms with Crippen LogP contribution in [-0.2, 0) is 11.2 Å². The maximum Gasteiger partial charge on any atom is 0.0662 e. The van der Waals surface area contributed by atoms with Gasteiger partial charge in [0.25, 0.3) is 0 Å². The van der Waals surface area contributed by atoms with Gasteiger partial charge in [0.2, 0.25) is 0 Å². The molecule has 1 N–H and O–H groups in total. The van der Waals surface area contributed by atoms with Crippen LogP contribution in [0, 0.1) is 0 Å². The molecule has 1 atom stereocenters. The molecule has 1 aliphatic rings. The number of hydrogen-bond acceptors (Lipinski definition) is 2. The van der Waals surface area contributed by atoms with E-state index in [0.29, 0.717) is 5.92 Å². The smallest absolute Gasteiger partial charge is 0.0662 e. The van der Waals surface area contributed by atoms with E-state index in [1.54, 1.807) is 7.11 Å². The highest BCUT2D eigenvalue weighted by atomic mass is 16.5. The molecule has 0 saturated carbocycles. The van der Waals surface area contributed by atoms with E-state index >= 15 is 0 Å². The average molecular weight is 247 g/mol. The van der Waals surface area contributed by atoms with Gasteiger partial charge < -0.3 is 10.1 Å². The molecule has 1 aromatic carbocycles. The zero-order valence-corrected chi connectivity index (χ0v) is 11.8. The Bertz CT molecular complexity index is 363. The molecule has 1 saturated heterocycles. The van der Waals surface area contributed by atoms with Crippen molar-refractivity contribution < 1.29 is 4.74 Å². The Hall–Kier alpha value is -0.860. The maximum atomic E-state index is 5.48. The number of benzene rings is 1. The third-order valence-corrected chi connectivity index (χ3v) is 3.93. The number of hydrogen-bond donors (Lipinski definition) is 1. The first-order valence-corrected chi connectivity index (χ1v) is 6.95. The third-order valence-electron chi connectivity index (χ3n) is 3.93. The van der Waals surface area contributed by atoms with Crippen LogP contribution in [0.5, 0.6) is 0 Å². The Morgan fingerprint density at radius 2 is 2.00 bits per heavy atom. The second kappa shape index (κ2) is 5.85. The predicted molar refractivity (Wildman–Crippen MR) is 76.1 cm³/mol. The normalized spacial score (nSPS) is 20.9. The quantitative estimate of drug-likeness (QED) is 0.882. The van der Waals surface area contributed by atoms with Crippen molar-refractivity contribution in [1.82, 2.24) is 5.32 Å². The van der Waals surface area contributed by atoms with Gasteiger partial charge in [0.05, 0.1) is 5.60 Å². The highest BCUT2D eigenvalue weighted by molar-refractivity contribution is 5.27. The summed E-state index contributed by atoms with van der Waals surface area (Å²) >= 11 is 0. The van der Waals surface area contributed by atoms with Gasteiger partial charge >= 0.3 is 0 Å². The molecule has 1 aromatic rings. The van der Waals surface area contributed by atoms with Crippen LogP contribution in [0.4, 0.5) is 0 Å². The number of ether oxygens (including phenoxy) is 1. The molecular weight excluding hydrogens is 222 g/mol. The summed E-state index contributed by atoms with van der Waals surface area (Å²) in [5.41, 5.74) is 2.75. The van der Waals surface area contributed by atoms with Gasteiger partial charge in [-0.1, -0.05) is 24.3 Å². The SMILES string of the molecule is COC(C)(C)Cc1ccc(C2CCCNC2)cc1. The molecule has 100 valence electrons. The van der Waals surface area contributed by atoms with Gasteiger partial charge in [0.1, 0.15) is 0 Å². The highest BCUT2D eigenvalue weighted by Crippen LogP contribution is 2.24. The van der Waals surface area contributed by atoms with Crippen LogP contribution in [0.1, 0.15) is 43.7 Å². The minimum Gasteiger partial charge on any atom is -0.378 e. The molecule has 1 unspecified atom stereocenters. The molecule has 0 spiro atoms. The van der Waals surface area contributed by atoms with E-state index in [1.165, 1.54) is 30.5 Å². The first kappa shape index (κ1) is 13.6. The lowest BCUT2D eigenvalue weighted by atomic mass is 9.90. The fraction of sp³-hybridized carbons (Fsp3) is 0.625. The molecule has 2 rings (SSSR count). The summed E-state index contributed by atoms with van der Waals surface area (Å²) in [4.78, 5) is 0. The van der Waals surface area contributed by atoms with Gasteiger partial charge in [0.15, 0.2) is 0 Å². The van der Waals surface area contributed by atoms with Crippen molar-refractivity contribution in [2.24, 2.45) is 0 Å². The molecule has 0 amide bonds. The molecule has 0 radical (unpaired) electrons. The number of nitrogens with one attached hydrogen (secondary N) is 1. The minimum atomic E-state index is -0.0755. The predicted octanol–water partition coefficient (Wildman–Crippen LogP) is 3.12. The van der Waals surface area contributed by atoms with Gasteiger partial charge in [-0.2, -0.15) is 0 Å². The number of piperidine rings is 1. The van der Waals surface area contributed by atoms with Crippen LogP contribution in [0.25, 0.3) is 0 Å².